The Hall–Kier alpha value is -3.31. The fraction of sp³-hybridized carbons (Fsp3) is 0.310. The molecule has 0 aliphatic carbocycles. The molecule has 0 aliphatic rings. The van der Waals surface area contributed by atoms with E-state index in [1.54, 1.807) is 11.0 Å². The van der Waals surface area contributed by atoms with Crippen molar-refractivity contribution in [1.82, 2.24) is 10.2 Å². The van der Waals surface area contributed by atoms with E-state index in [0.717, 1.165) is 16.9 Å². The molecule has 0 radical (unpaired) electrons. The second-order valence-corrected chi connectivity index (χ2v) is 9.22. The second kappa shape index (κ2) is 13.5. The van der Waals surface area contributed by atoms with Gasteiger partial charge in [0.15, 0.2) is 0 Å². The Labute approximate surface area is 213 Å². The Balaban J connectivity index is 1.79. The molecule has 6 heteroatoms. The number of rotatable bonds is 12. The molecule has 184 valence electrons. The number of para-hydroxylation sites is 1. The number of carbonyl (C=O) groups excluding carboxylic acids is 2. The second-order valence-electron chi connectivity index (χ2n) is 8.79. The third kappa shape index (κ3) is 8.76. The van der Waals surface area contributed by atoms with Crippen molar-refractivity contribution >= 4 is 23.4 Å². The summed E-state index contributed by atoms with van der Waals surface area (Å²) in [7, 11) is 0. The molecule has 0 fully saturated rings. The van der Waals surface area contributed by atoms with Gasteiger partial charge in [-0.2, -0.15) is 0 Å². The molecule has 0 bridgehead atoms. The van der Waals surface area contributed by atoms with E-state index in [-0.39, 0.29) is 24.3 Å². The Morgan fingerprint density at radius 1 is 0.914 bits per heavy atom. The van der Waals surface area contributed by atoms with Gasteiger partial charge < -0.3 is 15.0 Å². The highest BCUT2D eigenvalue weighted by atomic mass is 35.5. The molecule has 3 aromatic carbocycles. The number of hydrogen-bond acceptors (Lipinski definition) is 3. The van der Waals surface area contributed by atoms with Crippen molar-refractivity contribution in [2.24, 2.45) is 0 Å². The average Bonchev–Trinajstić information content (AvgIpc) is 2.85. The Morgan fingerprint density at radius 3 is 2.23 bits per heavy atom. The smallest absolute Gasteiger partial charge is 0.243 e. The number of nitrogens with zero attached hydrogens (tertiary/aromatic N) is 1. The van der Waals surface area contributed by atoms with Crippen molar-refractivity contribution in [3.63, 3.8) is 0 Å². The highest BCUT2D eigenvalue weighted by molar-refractivity contribution is 6.30. The topological polar surface area (TPSA) is 58.6 Å². The summed E-state index contributed by atoms with van der Waals surface area (Å²) in [4.78, 5) is 28.5. The van der Waals surface area contributed by atoms with Gasteiger partial charge in [0, 0.05) is 30.5 Å². The maximum atomic E-state index is 13.5. The minimum Gasteiger partial charge on any atom is -0.494 e. The van der Waals surface area contributed by atoms with E-state index in [4.69, 9.17) is 16.3 Å². The Kier molecular flexibility index (Phi) is 10.2. The molecule has 5 nitrogen and oxygen atoms in total. The van der Waals surface area contributed by atoms with E-state index in [1.165, 1.54) is 0 Å². The maximum Gasteiger partial charge on any atom is 0.243 e. The number of benzene rings is 3. The zero-order valence-electron chi connectivity index (χ0n) is 20.3. The summed E-state index contributed by atoms with van der Waals surface area (Å²) in [6.45, 7) is 4.55. The quantitative estimate of drug-likeness (QED) is 0.332. The van der Waals surface area contributed by atoms with E-state index in [0.29, 0.717) is 31.0 Å². The van der Waals surface area contributed by atoms with Gasteiger partial charge in [-0.25, -0.2) is 0 Å². The number of hydrogen-bond donors (Lipinski definition) is 1. The van der Waals surface area contributed by atoms with E-state index >= 15 is 0 Å². The molecule has 1 N–H and O–H groups in total. The number of ether oxygens (including phenoxy) is 1. The van der Waals surface area contributed by atoms with Gasteiger partial charge in [-0.1, -0.05) is 72.3 Å². The molecule has 0 saturated carbocycles. The fourth-order valence-corrected chi connectivity index (χ4v) is 4.05. The summed E-state index contributed by atoms with van der Waals surface area (Å²) < 4.78 is 5.76. The maximum absolute atomic E-state index is 13.5. The van der Waals surface area contributed by atoms with Gasteiger partial charge in [0.1, 0.15) is 11.8 Å². The number of halogens is 1. The molecule has 1 unspecified atom stereocenters. The minimum absolute atomic E-state index is 0.0387. The molecule has 1 atom stereocenters. The van der Waals surface area contributed by atoms with Crippen LogP contribution in [0, 0.1) is 0 Å². The molecular weight excluding hydrogens is 460 g/mol. The van der Waals surface area contributed by atoms with Crippen LogP contribution in [-0.4, -0.2) is 35.4 Å². The third-order valence-electron chi connectivity index (χ3n) is 5.49. The highest BCUT2D eigenvalue weighted by Gasteiger charge is 2.30. The normalized spacial score (nSPS) is 11.7. The van der Waals surface area contributed by atoms with Crippen LogP contribution in [0.15, 0.2) is 84.9 Å². The van der Waals surface area contributed by atoms with Gasteiger partial charge in [-0.3, -0.25) is 9.59 Å². The zero-order valence-corrected chi connectivity index (χ0v) is 21.1. The Morgan fingerprint density at radius 2 is 1.57 bits per heavy atom. The Bertz CT molecular complexity index is 1070. The van der Waals surface area contributed by atoms with Gasteiger partial charge in [0.05, 0.1) is 6.61 Å². The SMILES string of the molecule is CC(C)NC(=O)C(Cc1ccccc1)N(Cc1cccc(Cl)c1)C(=O)CCCOc1ccccc1. The van der Waals surface area contributed by atoms with Crippen molar-refractivity contribution in [2.45, 2.75) is 51.7 Å². The number of amides is 2. The van der Waals surface area contributed by atoms with Gasteiger partial charge in [0.25, 0.3) is 0 Å². The van der Waals surface area contributed by atoms with Crippen LogP contribution in [0.3, 0.4) is 0 Å². The lowest BCUT2D eigenvalue weighted by atomic mass is 10.0. The summed E-state index contributed by atoms with van der Waals surface area (Å²) in [6.07, 6.45) is 1.24. The van der Waals surface area contributed by atoms with Crippen molar-refractivity contribution in [2.75, 3.05) is 6.61 Å². The molecule has 0 spiro atoms. The first-order valence-corrected chi connectivity index (χ1v) is 12.4. The van der Waals surface area contributed by atoms with Gasteiger partial charge in [-0.05, 0) is 55.7 Å². The zero-order chi connectivity index (χ0) is 25.0. The summed E-state index contributed by atoms with van der Waals surface area (Å²) in [6, 6.07) is 26.0. The van der Waals surface area contributed by atoms with E-state index in [9.17, 15) is 9.59 Å². The van der Waals surface area contributed by atoms with Crippen molar-refractivity contribution in [3.05, 3.63) is 101 Å². The van der Waals surface area contributed by atoms with Crippen LogP contribution in [-0.2, 0) is 22.6 Å². The van der Waals surface area contributed by atoms with Crippen molar-refractivity contribution in [1.29, 1.82) is 0 Å². The molecule has 0 heterocycles. The average molecular weight is 493 g/mol. The van der Waals surface area contributed by atoms with Crippen LogP contribution < -0.4 is 10.1 Å². The van der Waals surface area contributed by atoms with Crippen LogP contribution >= 0.6 is 11.6 Å². The summed E-state index contributed by atoms with van der Waals surface area (Å²) in [5, 5.41) is 3.60. The predicted octanol–water partition coefficient (Wildman–Crippen LogP) is 5.66. The summed E-state index contributed by atoms with van der Waals surface area (Å²) in [5.74, 6) is 0.509. The highest BCUT2D eigenvalue weighted by Crippen LogP contribution is 2.19. The first-order chi connectivity index (χ1) is 16.9. The number of carbonyl (C=O) groups is 2. The third-order valence-corrected chi connectivity index (χ3v) is 5.73. The van der Waals surface area contributed by atoms with Crippen LogP contribution in [0.25, 0.3) is 0 Å². The lowest BCUT2D eigenvalue weighted by molar-refractivity contribution is -0.141. The van der Waals surface area contributed by atoms with Crippen LogP contribution in [0.1, 0.15) is 37.8 Å². The largest absolute Gasteiger partial charge is 0.494 e. The molecule has 35 heavy (non-hydrogen) atoms. The van der Waals surface area contributed by atoms with Crippen molar-refractivity contribution < 1.29 is 14.3 Å². The molecule has 0 aromatic heterocycles. The summed E-state index contributed by atoms with van der Waals surface area (Å²) in [5.41, 5.74) is 1.87. The fourth-order valence-electron chi connectivity index (χ4n) is 3.84. The predicted molar refractivity (Wildman–Crippen MR) is 140 cm³/mol. The standard InChI is InChI=1S/C29H33ClN2O3/c1-22(2)31-29(34)27(20-23-11-5-3-6-12-23)32(21-24-13-9-14-25(30)19-24)28(33)17-10-18-35-26-15-7-4-8-16-26/h3-9,11-16,19,22,27H,10,17-18,20-21H2,1-2H3,(H,31,34). The molecule has 3 rings (SSSR count). The van der Waals surface area contributed by atoms with Gasteiger partial charge in [0.2, 0.25) is 11.8 Å². The minimum atomic E-state index is -0.652. The molecule has 0 saturated heterocycles. The first kappa shape index (κ1) is 26.3. The molecule has 2 amide bonds. The molecule has 3 aromatic rings. The van der Waals surface area contributed by atoms with E-state index in [1.807, 2.05) is 92.7 Å². The first-order valence-electron chi connectivity index (χ1n) is 12.0. The van der Waals surface area contributed by atoms with Crippen LogP contribution in [0.4, 0.5) is 0 Å². The van der Waals surface area contributed by atoms with E-state index < -0.39 is 6.04 Å². The lowest BCUT2D eigenvalue weighted by Gasteiger charge is -2.32. The van der Waals surface area contributed by atoms with Crippen molar-refractivity contribution in [3.8, 4) is 5.75 Å². The van der Waals surface area contributed by atoms with Crippen LogP contribution in [0.5, 0.6) is 5.75 Å². The number of nitrogens with one attached hydrogen (secondary N) is 1. The lowest BCUT2D eigenvalue weighted by Crippen LogP contribution is -2.51. The van der Waals surface area contributed by atoms with E-state index in [2.05, 4.69) is 5.32 Å². The monoisotopic (exact) mass is 492 g/mol. The molecule has 0 aliphatic heterocycles. The summed E-state index contributed by atoms with van der Waals surface area (Å²) >= 11 is 6.21. The van der Waals surface area contributed by atoms with Gasteiger partial charge >= 0.3 is 0 Å². The van der Waals surface area contributed by atoms with Gasteiger partial charge in [-0.15, -0.1) is 0 Å². The molecular formula is C29H33ClN2O3. The van der Waals surface area contributed by atoms with Crippen LogP contribution in [0.2, 0.25) is 5.02 Å².